The molecule has 5 rings (SSSR count). The molecule has 30 heavy (non-hydrogen) atoms. The van der Waals surface area contributed by atoms with Crippen LogP contribution in [0.15, 0.2) is 36.5 Å². The zero-order chi connectivity index (χ0) is 20.7. The highest BCUT2D eigenvalue weighted by molar-refractivity contribution is 5.79. The summed E-state index contributed by atoms with van der Waals surface area (Å²) in [5.74, 6) is 0.124. The number of pyridine rings is 1. The first kappa shape index (κ1) is 19.0. The Morgan fingerprint density at radius 3 is 2.73 bits per heavy atom. The molecule has 8 heteroatoms. The number of hydrogen-bond acceptors (Lipinski definition) is 5. The van der Waals surface area contributed by atoms with Crippen molar-refractivity contribution < 1.29 is 19.0 Å². The smallest absolute Gasteiger partial charge is 0.308 e. The van der Waals surface area contributed by atoms with Crippen LogP contribution in [0.3, 0.4) is 0 Å². The topological polar surface area (TPSA) is 91.3 Å². The first-order chi connectivity index (χ1) is 14.5. The molecule has 0 bridgehead atoms. The van der Waals surface area contributed by atoms with Gasteiger partial charge < -0.3 is 19.7 Å². The van der Waals surface area contributed by atoms with Gasteiger partial charge in [0.2, 0.25) is 0 Å². The van der Waals surface area contributed by atoms with Crippen molar-refractivity contribution in [3.63, 3.8) is 0 Å². The van der Waals surface area contributed by atoms with E-state index >= 15 is 0 Å². The number of carboxylic acid groups (broad SMARTS) is 1. The summed E-state index contributed by atoms with van der Waals surface area (Å²) in [6, 6.07) is 8.43. The highest BCUT2D eigenvalue weighted by atomic mass is 19.1. The van der Waals surface area contributed by atoms with E-state index in [4.69, 9.17) is 9.84 Å². The van der Waals surface area contributed by atoms with Gasteiger partial charge in [0.15, 0.2) is 0 Å². The number of carbonyl (C=O) groups is 1. The molecule has 1 aromatic carbocycles. The van der Waals surface area contributed by atoms with Crippen LogP contribution in [0, 0.1) is 11.7 Å². The van der Waals surface area contributed by atoms with Gasteiger partial charge in [-0.15, -0.1) is 0 Å². The van der Waals surface area contributed by atoms with Crippen molar-refractivity contribution in [2.45, 2.75) is 31.3 Å². The molecule has 0 aliphatic carbocycles. The molecule has 2 aliphatic heterocycles. The fraction of sp³-hybridized carbons (Fsp3) is 0.409. The third-order valence-corrected chi connectivity index (χ3v) is 6.35. The third kappa shape index (κ3) is 3.52. The van der Waals surface area contributed by atoms with Crippen LogP contribution in [0.4, 0.5) is 10.2 Å². The normalized spacial score (nSPS) is 21.2. The standard InChI is InChI=1S/C22H23FN4O3/c23-16-2-3-17-18(11-16)26-20(25-17)14-1-4-19(24-12-14)27-9-7-22(8-10-27)6-5-15(13-30-22)21(28)29/h1-4,11-12,15H,5-10,13H2,(H,25,26)(H,28,29). The lowest BCUT2D eigenvalue weighted by molar-refractivity contribution is -0.158. The van der Waals surface area contributed by atoms with Crippen LogP contribution in [0.1, 0.15) is 25.7 Å². The van der Waals surface area contributed by atoms with Crippen LogP contribution in [-0.4, -0.2) is 51.3 Å². The summed E-state index contributed by atoms with van der Waals surface area (Å²) in [7, 11) is 0. The molecule has 2 N–H and O–H groups in total. The van der Waals surface area contributed by atoms with Gasteiger partial charge in [-0.2, -0.15) is 0 Å². The molecule has 4 heterocycles. The van der Waals surface area contributed by atoms with Crippen LogP contribution in [0.2, 0.25) is 0 Å². The van der Waals surface area contributed by atoms with Crippen molar-refractivity contribution >= 4 is 22.8 Å². The minimum atomic E-state index is -0.763. The minimum Gasteiger partial charge on any atom is -0.481 e. The average Bonchev–Trinajstić information content (AvgIpc) is 3.18. The zero-order valence-electron chi connectivity index (χ0n) is 16.5. The summed E-state index contributed by atoms with van der Waals surface area (Å²) in [6.07, 6.45) is 5.01. The Labute approximate surface area is 172 Å². The van der Waals surface area contributed by atoms with Gasteiger partial charge in [0.05, 0.1) is 29.2 Å². The first-order valence-corrected chi connectivity index (χ1v) is 10.2. The molecule has 7 nitrogen and oxygen atoms in total. The van der Waals surface area contributed by atoms with E-state index in [1.807, 2.05) is 12.1 Å². The minimum absolute atomic E-state index is 0.189. The molecule has 2 saturated heterocycles. The maximum atomic E-state index is 13.4. The fourth-order valence-corrected chi connectivity index (χ4v) is 4.43. The van der Waals surface area contributed by atoms with Gasteiger partial charge >= 0.3 is 5.97 Å². The van der Waals surface area contributed by atoms with Gasteiger partial charge in [0.1, 0.15) is 17.5 Å². The van der Waals surface area contributed by atoms with Crippen molar-refractivity contribution in [3.8, 4) is 11.4 Å². The summed E-state index contributed by atoms with van der Waals surface area (Å²) in [5.41, 5.74) is 2.04. The van der Waals surface area contributed by atoms with Gasteiger partial charge in [-0.1, -0.05) is 0 Å². The number of aromatic nitrogens is 3. The maximum absolute atomic E-state index is 13.4. The maximum Gasteiger partial charge on any atom is 0.308 e. The number of ether oxygens (including phenoxy) is 1. The molecule has 1 spiro atoms. The predicted molar refractivity (Wildman–Crippen MR) is 110 cm³/mol. The molecular formula is C22H23FN4O3. The number of aromatic amines is 1. The lowest BCUT2D eigenvalue weighted by Crippen LogP contribution is -2.50. The van der Waals surface area contributed by atoms with E-state index < -0.39 is 5.97 Å². The van der Waals surface area contributed by atoms with Crippen LogP contribution < -0.4 is 4.90 Å². The van der Waals surface area contributed by atoms with Crippen LogP contribution in [-0.2, 0) is 9.53 Å². The fourth-order valence-electron chi connectivity index (χ4n) is 4.43. The van der Waals surface area contributed by atoms with E-state index in [1.54, 1.807) is 12.3 Å². The number of anilines is 1. The number of H-pyrrole nitrogens is 1. The molecule has 1 atom stereocenters. The summed E-state index contributed by atoms with van der Waals surface area (Å²) >= 11 is 0. The van der Waals surface area contributed by atoms with E-state index in [0.717, 1.165) is 49.2 Å². The SMILES string of the molecule is O=C(O)C1CCC2(CCN(c3ccc(-c4nc5ccc(F)cc5[nH]4)cn3)CC2)OC1. The number of benzene rings is 1. The van der Waals surface area contributed by atoms with Crippen molar-refractivity contribution in [2.75, 3.05) is 24.6 Å². The van der Waals surface area contributed by atoms with E-state index in [1.165, 1.54) is 12.1 Å². The number of carboxylic acids is 1. The molecule has 0 radical (unpaired) electrons. The average molecular weight is 410 g/mol. The first-order valence-electron chi connectivity index (χ1n) is 10.2. The molecule has 2 aliphatic rings. The van der Waals surface area contributed by atoms with Gasteiger partial charge in [-0.25, -0.2) is 14.4 Å². The highest BCUT2D eigenvalue weighted by Gasteiger charge is 2.41. The number of aliphatic carboxylic acids is 1. The number of halogens is 1. The molecular weight excluding hydrogens is 387 g/mol. The molecule has 2 fully saturated rings. The summed E-state index contributed by atoms with van der Waals surface area (Å²) < 4.78 is 19.4. The van der Waals surface area contributed by atoms with Crippen LogP contribution in [0.5, 0.6) is 0 Å². The van der Waals surface area contributed by atoms with Crippen molar-refractivity contribution in [3.05, 3.63) is 42.3 Å². The van der Waals surface area contributed by atoms with Gasteiger partial charge in [0.25, 0.3) is 0 Å². The number of piperidine rings is 1. The lowest BCUT2D eigenvalue weighted by Gasteiger charge is -2.45. The molecule has 156 valence electrons. The number of imidazole rings is 1. The Balaban J connectivity index is 1.25. The van der Waals surface area contributed by atoms with E-state index in [0.29, 0.717) is 24.4 Å². The molecule has 0 amide bonds. The van der Waals surface area contributed by atoms with Gasteiger partial charge in [-0.3, -0.25) is 4.79 Å². The Morgan fingerprint density at radius 1 is 1.23 bits per heavy atom. The van der Waals surface area contributed by atoms with Crippen molar-refractivity contribution in [1.82, 2.24) is 15.0 Å². The second-order valence-electron chi connectivity index (χ2n) is 8.21. The number of rotatable bonds is 3. The third-order valence-electron chi connectivity index (χ3n) is 6.35. The Kier molecular flexibility index (Phi) is 4.66. The second kappa shape index (κ2) is 7.36. The van der Waals surface area contributed by atoms with E-state index in [2.05, 4.69) is 19.9 Å². The second-order valence-corrected chi connectivity index (χ2v) is 8.21. The number of fused-ring (bicyclic) bond motifs is 1. The lowest BCUT2D eigenvalue weighted by atomic mass is 9.82. The van der Waals surface area contributed by atoms with Gasteiger partial charge in [0, 0.05) is 24.8 Å². The predicted octanol–water partition coefficient (Wildman–Crippen LogP) is 3.61. The quantitative estimate of drug-likeness (QED) is 0.685. The summed E-state index contributed by atoms with van der Waals surface area (Å²) in [4.78, 5) is 25.6. The van der Waals surface area contributed by atoms with Crippen molar-refractivity contribution in [2.24, 2.45) is 5.92 Å². The largest absolute Gasteiger partial charge is 0.481 e. The van der Waals surface area contributed by atoms with Crippen LogP contribution in [0.25, 0.3) is 22.4 Å². The summed E-state index contributed by atoms with van der Waals surface area (Å²) in [5, 5.41) is 9.15. The monoisotopic (exact) mass is 410 g/mol. The Bertz CT molecular complexity index is 1060. The molecule has 1 unspecified atom stereocenters. The molecule has 2 aromatic heterocycles. The highest BCUT2D eigenvalue weighted by Crippen LogP contribution is 2.37. The van der Waals surface area contributed by atoms with E-state index in [-0.39, 0.29) is 17.3 Å². The van der Waals surface area contributed by atoms with E-state index in [9.17, 15) is 9.18 Å². The zero-order valence-corrected chi connectivity index (χ0v) is 16.5. The Morgan fingerprint density at radius 2 is 2.07 bits per heavy atom. The molecule has 0 saturated carbocycles. The van der Waals surface area contributed by atoms with Gasteiger partial charge in [-0.05, 0) is 56.0 Å². The molecule has 3 aromatic rings. The number of nitrogens with one attached hydrogen (secondary N) is 1. The number of nitrogens with zero attached hydrogens (tertiary/aromatic N) is 3. The van der Waals surface area contributed by atoms with Crippen LogP contribution >= 0.6 is 0 Å². The van der Waals surface area contributed by atoms with Crippen molar-refractivity contribution in [1.29, 1.82) is 0 Å². The number of hydrogen-bond donors (Lipinski definition) is 2. The summed E-state index contributed by atoms with van der Waals surface area (Å²) in [6.45, 7) is 1.96. The Hall–Kier alpha value is -3.00.